The fraction of sp³-hybridized carbons (Fsp3) is 0.429. The van der Waals surface area contributed by atoms with Crippen LogP contribution in [0.2, 0.25) is 0 Å². The number of ether oxygens (including phenoxy) is 1. The van der Waals surface area contributed by atoms with Crippen LogP contribution in [-0.2, 0) is 12.0 Å². The summed E-state index contributed by atoms with van der Waals surface area (Å²) >= 11 is 0. The third kappa shape index (κ3) is 1.47. The predicted octanol–water partition coefficient (Wildman–Crippen LogP) is 1.86. The number of carbonyl (C=O) groups is 1. The second-order valence-corrected chi connectivity index (χ2v) is 5.10. The topological polar surface area (TPSA) is 65.4 Å². The van der Waals surface area contributed by atoms with Crippen molar-refractivity contribution in [2.75, 3.05) is 14.2 Å². The van der Waals surface area contributed by atoms with Crippen LogP contribution in [0.25, 0.3) is 0 Å². The molecule has 1 aromatic rings. The molecule has 1 aliphatic carbocycles. The Morgan fingerprint density at radius 3 is 2.89 bits per heavy atom. The Morgan fingerprint density at radius 2 is 2.26 bits per heavy atom. The number of fused-ring (bicyclic) bond motifs is 2. The summed E-state index contributed by atoms with van der Waals surface area (Å²) in [5.74, 6) is 1.04. The van der Waals surface area contributed by atoms with Crippen LogP contribution in [0.5, 0.6) is 5.75 Å². The summed E-state index contributed by atoms with van der Waals surface area (Å²) in [5, 5.41) is 10.8. The lowest BCUT2D eigenvalue weighted by Crippen LogP contribution is -2.47. The Balaban J connectivity index is 2.21. The van der Waals surface area contributed by atoms with Gasteiger partial charge < -0.3 is 9.64 Å². The van der Waals surface area contributed by atoms with Crippen molar-refractivity contribution in [2.45, 2.75) is 24.8 Å². The number of hydrogen-bond acceptors (Lipinski definition) is 3. The maximum atomic E-state index is 11.9. The van der Waals surface area contributed by atoms with Crippen LogP contribution < -0.4 is 10.1 Å². The molecule has 2 N–H and O–H groups in total. The van der Waals surface area contributed by atoms with E-state index in [-0.39, 0.29) is 11.9 Å². The van der Waals surface area contributed by atoms with Gasteiger partial charge in [-0.15, -0.1) is 0 Å². The molecule has 3 rings (SSSR count). The second-order valence-electron chi connectivity index (χ2n) is 5.10. The lowest BCUT2D eigenvalue weighted by atomic mass is 9.75. The van der Waals surface area contributed by atoms with Gasteiger partial charge >= 0.3 is 6.03 Å². The van der Waals surface area contributed by atoms with Gasteiger partial charge in [-0.3, -0.25) is 10.7 Å². The molecule has 1 saturated heterocycles. The van der Waals surface area contributed by atoms with E-state index in [9.17, 15) is 4.79 Å². The molecule has 2 amide bonds. The minimum absolute atomic E-state index is 0.208. The first-order chi connectivity index (χ1) is 9.09. The van der Waals surface area contributed by atoms with Gasteiger partial charge in [0.2, 0.25) is 0 Å². The number of likely N-dealkylation sites (N-methyl/N-ethyl adjacent to an activating group) is 1. The average Bonchev–Trinajstić information content (AvgIpc) is 2.64. The maximum absolute atomic E-state index is 11.9. The molecule has 1 aromatic carbocycles. The summed E-state index contributed by atoms with van der Waals surface area (Å²) in [5.41, 5.74) is 1.57. The molecule has 5 heteroatoms. The van der Waals surface area contributed by atoms with Crippen molar-refractivity contribution in [3.63, 3.8) is 0 Å². The van der Waals surface area contributed by atoms with Crippen LogP contribution in [0.15, 0.2) is 18.2 Å². The average molecular weight is 259 g/mol. The Labute approximate surface area is 112 Å². The number of rotatable bonds is 1. The predicted molar refractivity (Wildman–Crippen MR) is 71.6 cm³/mol. The van der Waals surface area contributed by atoms with Crippen molar-refractivity contribution in [2.24, 2.45) is 0 Å². The molecule has 0 bridgehead atoms. The standard InChI is InChI=1S/C14H17N3O2/c1-17-13(18)16-12(15)14(17)7-3-4-9-5-6-10(19-2)8-11(9)14/h5-6,8H,3-4,7H2,1-2H3,(H2,15,16,18). The van der Waals surface area contributed by atoms with E-state index in [0.29, 0.717) is 0 Å². The van der Waals surface area contributed by atoms with Gasteiger partial charge in [0.05, 0.1) is 7.11 Å². The molecular formula is C14H17N3O2. The van der Waals surface area contributed by atoms with Gasteiger partial charge in [0.1, 0.15) is 17.1 Å². The Hall–Kier alpha value is -2.04. The van der Waals surface area contributed by atoms with Crippen molar-refractivity contribution in [3.05, 3.63) is 29.3 Å². The minimum Gasteiger partial charge on any atom is -0.497 e. The van der Waals surface area contributed by atoms with Crippen LogP contribution in [0.3, 0.4) is 0 Å². The number of aryl methyl sites for hydroxylation is 1. The van der Waals surface area contributed by atoms with Crippen LogP contribution in [0.1, 0.15) is 24.0 Å². The van der Waals surface area contributed by atoms with E-state index in [4.69, 9.17) is 10.1 Å². The fourth-order valence-corrected chi connectivity index (χ4v) is 3.20. The van der Waals surface area contributed by atoms with Gasteiger partial charge in [-0.2, -0.15) is 0 Å². The lowest BCUT2D eigenvalue weighted by Gasteiger charge is -2.39. The normalized spacial score (nSPS) is 25.5. The monoisotopic (exact) mass is 259 g/mol. The maximum Gasteiger partial charge on any atom is 0.323 e. The lowest BCUT2D eigenvalue weighted by molar-refractivity contribution is 0.182. The van der Waals surface area contributed by atoms with Gasteiger partial charge in [-0.05, 0) is 42.5 Å². The molecule has 100 valence electrons. The quantitative estimate of drug-likeness (QED) is 0.808. The molecule has 0 aromatic heterocycles. The van der Waals surface area contributed by atoms with Gasteiger partial charge in [-0.1, -0.05) is 6.07 Å². The Morgan fingerprint density at radius 1 is 1.47 bits per heavy atom. The largest absolute Gasteiger partial charge is 0.497 e. The summed E-state index contributed by atoms with van der Waals surface area (Å²) in [6.07, 6.45) is 2.73. The third-order valence-electron chi connectivity index (χ3n) is 4.27. The number of nitrogens with zero attached hydrogens (tertiary/aromatic N) is 1. The van der Waals surface area contributed by atoms with Crippen molar-refractivity contribution in [3.8, 4) is 5.75 Å². The van der Waals surface area contributed by atoms with Gasteiger partial charge in [0.25, 0.3) is 0 Å². The minimum atomic E-state index is -0.640. The molecule has 1 fully saturated rings. The highest BCUT2D eigenvalue weighted by atomic mass is 16.5. The third-order valence-corrected chi connectivity index (χ3v) is 4.27. The first-order valence-corrected chi connectivity index (χ1v) is 6.41. The number of urea groups is 1. The summed E-state index contributed by atoms with van der Waals surface area (Å²) in [6.45, 7) is 0. The zero-order chi connectivity index (χ0) is 13.6. The number of carbonyl (C=O) groups excluding carboxylic acids is 1. The van der Waals surface area contributed by atoms with Crippen LogP contribution >= 0.6 is 0 Å². The number of hydrogen-bond donors (Lipinski definition) is 2. The molecule has 1 unspecified atom stereocenters. The van der Waals surface area contributed by atoms with Gasteiger partial charge in [-0.25, -0.2) is 4.79 Å². The van der Waals surface area contributed by atoms with E-state index in [1.54, 1.807) is 19.1 Å². The smallest absolute Gasteiger partial charge is 0.323 e. The summed E-state index contributed by atoms with van der Waals surface area (Å²) in [6, 6.07) is 5.73. The van der Waals surface area contributed by atoms with Crippen molar-refractivity contribution in [1.29, 1.82) is 5.41 Å². The van der Waals surface area contributed by atoms with E-state index in [0.717, 1.165) is 30.6 Å². The summed E-state index contributed by atoms with van der Waals surface area (Å²) < 4.78 is 5.29. The van der Waals surface area contributed by atoms with Crippen LogP contribution in [-0.4, -0.2) is 30.9 Å². The molecule has 1 spiro atoms. The first-order valence-electron chi connectivity index (χ1n) is 6.41. The number of amides is 2. The van der Waals surface area contributed by atoms with E-state index >= 15 is 0 Å². The van der Waals surface area contributed by atoms with E-state index in [2.05, 4.69) is 5.32 Å². The summed E-state index contributed by atoms with van der Waals surface area (Å²) in [7, 11) is 3.38. The van der Waals surface area contributed by atoms with E-state index in [1.807, 2.05) is 18.2 Å². The molecule has 1 atom stereocenters. The number of amidine groups is 1. The van der Waals surface area contributed by atoms with E-state index < -0.39 is 5.54 Å². The number of methoxy groups -OCH3 is 1. The molecule has 5 nitrogen and oxygen atoms in total. The second kappa shape index (κ2) is 3.98. The Bertz CT molecular complexity index is 570. The zero-order valence-corrected chi connectivity index (χ0v) is 11.1. The van der Waals surface area contributed by atoms with Crippen LogP contribution in [0, 0.1) is 5.41 Å². The number of benzene rings is 1. The SMILES string of the molecule is COc1ccc2c(c1)C1(CCC2)C(=N)NC(=O)N1C. The zero-order valence-electron chi connectivity index (χ0n) is 11.1. The molecule has 1 aliphatic heterocycles. The molecule has 19 heavy (non-hydrogen) atoms. The highest BCUT2D eigenvalue weighted by Gasteiger charge is 2.51. The van der Waals surface area contributed by atoms with Crippen molar-refractivity contribution < 1.29 is 9.53 Å². The Kier molecular flexibility index (Phi) is 2.52. The first kappa shape index (κ1) is 12.0. The molecule has 2 aliphatic rings. The van der Waals surface area contributed by atoms with Crippen molar-refractivity contribution in [1.82, 2.24) is 10.2 Å². The molecular weight excluding hydrogens is 242 g/mol. The van der Waals surface area contributed by atoms with Gasteiger partial charge in [0.15, 0.2) is 0 Å². The van der Waals surface area contributed by atoms with E-state index in [1.165, 1.54) is 5.56 Å². The summed E-state index contributed by atoms with van der Waals surface area (Å²) in [4.78, 5) is 13.5. The van der Waals surface area contributed by atoms with Gasteiger partial charge in [0, 0.05) is 7.05 Å². The molecule has 0 radical (unpaired) electrons. The van der Waals surface area contributed by atoms with Crippen LogP contribution in [0.4, 0.5) is 4.79 Å². The highest BCUT2D eigenvalue weighted by molar-refractivity contribution is 6.09. The highest BCUT2D eigenvalue weighted by Crippen LogP contribution is 2.43. The van der Waals surface area contributed by atoms with Crippen molar-refractivity contribution >= 4 is 11.9 Å². The number of nitrogens with one attached hydrogen (secondary N) is 2. The molecule has 1 heterocycles. The molecule has 0 saturated carbocycles. The fourth-order valence-electron chi connectivity index (χ4n) is 3.20.